The lowest BCUT2D eigenvalue weighted by atomic mass is 9.84. The standard InChI is InChI=1S/C50H28O2S/c1-3-15-37-35(13-1)47(30-21-23-33-32-11-5-8-18-42(32)51-44(33)28-30)36-14-2-4-16-38(36)48(37)40-25-24-31(50-49(40)39-17-6-9-19-43(39)52-50)29-22-26-46-41(27-29)34-12-7-10-20-45(34)53-46/h1-28H. The molecule has 0 bridgehead atoms. The quantitative estimate of drug-likeness (QED) is 0.172. The molecule has 0 aliphatic heterocycles. The van der Waals surface area contributed by atoms with E-state index in [9.17, 15) is 0 Å². The number of hydrogen-bond acceptors (Lipinski definition) is 3. The first kappa shape index (κ1) is 29.0. The van der Waals surface area contributed by atoms with Crippen molar-refractivity contribution in [2.24, 2.45) is 0 Å². The van der Waals surface area contributed by atoms with Gasteiger partial charge in [-0.3, -0.25) is 0 Å². The van der Waals surface area contributed by atoms with E-state index in [1.807, 2.05) is 23.5 Å². The summed E-state index contributed by atoms with van der Waals surface area (Å²) in [6, 6.07) is 61.3. The first-order valence-corrected chi connectivity index (χ1v) is 18.8. The molecule has 0 amide bonds. The second kappa shape index (κ2) is 10.9. The molecule has 2 nitrogen and oxygen atoms in total. The maximum atomic E-state index is 6.86. The summed E-state index contributed by atoms with van der Waals surface area (Å²) in [5, 5.41) is 11.9. The maximum absolute atomic E-state index is 6.86. The van der Waals surface area contributed by atoms with E-state index in [2.05, 4.69) is 158 Å². The molecule has 12 rings (SSSR count). The number of para-hydroxylation sites is 2. The fourth-order valence-electron chi connectivity index (χ4n) is 8.77. The first-order chi connectivity index (χ1) is 26.3. The molecule has 0 atom stereocenters. The first-order valence-electron chi connectivity index (χ1n) is 18.0. The van der Waals surface area contributed by atoms with Crippen molar-refractivity contribution in [1.82, 2.24) is 0 Å². The van der Waals surface area contributed by atoms with E-state index in [1.54, 1.807) is 0 Å². The van der Waals surface area contributed by atoms with E-state index in [-0.39, 0.29) is 0 Å². The minimum absolute atomic E-state index is 0.891. The smallest absolute Gasteiger partial charge is 0.143 e. The number of benzene rings is 9. The van der Waals surface area contributed by atoms with E-state index >= 15 is 0 Å². The highest BCUT2D eigenvalue weighted by molar-refractivity contribution is 7.25. The zero-order chi connectivity index (χ0) is 34.6. The van der Waals surface area contributed by atoms with E-state index in [1.165, 1.54) is 58.4 Å². The van der Waals surface area contributed by atoms with E-state index < -0.39 is 0 Å². The number of fused-ring (bicyclic) bond motifs is 11. The van der Waals surface area contributed by atoms with Gasteiger partial charge in [0.1, 0.15) is 22.3 Å². The molecule has 0 fully saturated rings. The predicted molar refractivity (Wildman–Crippen MR) is 225 cm³/mol. The van der Waals surface area contributed by atoms with Crippen molar-refractivity contribution in [3.63, 3.8) is 0 Å². The normalized spacial score (nSPS) is 12.2. The Morgan fingerprint density at radius 1 is 0.321 bits per heavy atom. The Morgan fingerprint density at radius 3 is 1.62 bits per heavy atom. The Kier molecular flexibility index (Phi) is 5.96. The Labute approximate surface area is 307 Å². The molecule has 0 N–H and O–H groups in total. The zero-order valence-electron chi connectivity index (χ0n) is 28.4. The third-order valence-electron chi connectivity index (χ3n) is 11.1. The van der Waals surface area contributed by atoms with Crippen molar-refractivity contribution in [1.29, 1.82) is 0 Å². The summed E-state index contributed by atoms with van der Waals surface area (Å²) >= 11 is 1.85. The van der Waals surface area contributed by atoms with Crippen LogP contribution in [0.25, 0.3) is 119 Å². The molecule has 0 saturated carbocycles. The van der Waals surface area contributed by atoms with Crippen molar-refractivity contribution in [3.8, 4) is 33.4 Å². The van der Waals surface area contributed by atoms with Gasteiger partial charge in [0, 0.05) is 47.3 Å². The minimum Gasteiger partial charge on any atom is -0.456 e. The van der Waals surface area contributed by atoms with Gasteiger partial charge in [0.2, 0.25) is 0 Å². The molecular weight excluding hydrogens is 665 g/mol. The van der Waals surface area contributed by atoms with Gasteiger partial charge in [-0.2, -0.15) is 0 Å². The van der Waals surface area contributed by atoms with Crippen molar-refractivity contribution in [2.75, 3.05) is 0 Å². The largest absolute Gasteiger partial charge is 0.456 e. The molecule has 0 unspecified atom stereocenters. The fraction of sp³-hybridized carbons (Fsp3) is 0. The maximum Gasteiger partial charge on any atom is 0.143 e. The van der Waals surface area contributed by atoms with Gasteiger partial charge in [-0.05, 0) is 97.9 Å². The number of furan rings is 2. The highest BCUT2D eigenvalue weighted by atomic mass is 32.1. The van der Waals surface area contributed by atoms with Crippen LogP contribution in [0.4, 0.5) is 0 Å². The van der Waals surface area contributed by atoms with Crippen LogP contribution in [-0.4, -0.2) is 0 Å². The van der Waals surface area contributed by atoms with Gasteiger partial charge in [-0.25, -0.2) is 0 Å². The summed E-state index contributed by atoms with van der Waals surface area (Å²) in [6.45, 7) is 0. The summed E-state index contributed by atoms with van der Waals surface area (Å²) in [5.74, 6) is 0. The van der Waals surface area contributed by atoms with Crippen molar-refractivity contribution in [3.05, 3.63) is 170 Å². The average molecular weight is 693 g/mol. The fourth-order valence-corrected chi connectivity index (χ4v) is 9.85. The van der Waals surface area contributed by atoms with Gasteiger partial charge in [-0.15, -0.1) is 11.3 Å². The third kappa shape index (κ3) is 4.14. The Hall–Kier alpha value is -6.68. The van der Waals surface area contributed by atoms with E-state index in [4.69, 9.17) is 8.83 Å². The highest BCUT2D eigenvalue weighted by Crippen LogP contribution is 2.49. The Bertz CT molecular complexity index is 3410. The van der Waals surface area contributed by atoms with E-state index in [0.29, 0.717) is 0 Å². The van der Waals surface area contributed by atoms with Gasteiger partial charge in [0.15, 0.2) is 0 Å². The summed E-state index contributed by atoms with van der Waals surface area (Å²) in [4.78, 5) is 0. The SMILES string of the molecule is c1ccc2c(c1)oc1cc(-c3c4ccccc4c(-c4ccc(-c5ccc6sc7ccccc7c6c5)c5oc6ccccc6c45)c4ccccc34)ccc12. The lowest BCUT2D eigenvalue weighted by molar-refractivity contribution is 0.669. The average Bonchev–Trinajstić information content (AvgIpc) is 3.91. The summed E-state index contributed by atoms with van der Waals surface area (Å²) in [7, 11) is 0. The molecule has 0 aliphatic carbocycles. The molecule has 3 heteroatoms. The number of hydrogen-bond donors (Lipinski definition) is 0. The van der Waals surface area contributed by atoms with Gasteiger partial charge in [-0.1, -0.05) is 121 Å². The molecule has 0 radical (unpaired) electrons. The molecule has 3 heterocycles. The van der Waals surface area contributed by atoms with Gasteiger partial charge in [0.05, 0.1) is 0 Å². The van der Waals surface area contributed by atoms with Crippen LogP contribution in [0.3, 0.4) is 0 Å². The molecule has 246 valence electrons. The van der Waals surface area contributed by atoms with Gasteiger partial charge in [0.25, 0.3) is 0 Å². The van der Waals surface area contributed by atoms with Crippen LogP contribution in [0, 0.1) is 0 Å². The summed E-state index contributed by atoms with van der Waals surface area (Å²) in [6.07, 6.45) is 0. The third-order valence-corrected chi connectivity index (χ3v) is 12.2. The van der Waals surface area contributed by atoms with Crippen molar-refractivity contribution in [2.45, 2.75) is 0 Å². The predicted octanol–water partition coefficient (Wildman–Crippen LogP) is 15.2. The highest BCUT2D eigenvalue weighted by Gasteiger charge is 2.23. The molecule has 9 aromatic carbocycles. The van der Waals surface area contributed by atoms with Crippen LogP contribution in [0.2, 0.25) is 0 Å². The van der Waals surface area contributed by atoms with Crippen LogP contribution < -0.4 is 0 Å². The monoisotopic (exact) mass is 692 g/mol. The summed E-state index contributed by atoms with van der Waals surface area (Å²) in [5.41, 5.74) is 10.6. The van der Waals surface area contributed by atoms with Crippen LogP contribution in [0.15, 0.2) is 179 Å². The number of rotatable bonds is 3. The van der Waals surface area contributed by atoms with Crippen LogP contribution >= 0.6 is 11.3 Å². The zero-order valence-corrected chi connectivity index (χ0v) is 29.2. The lowest BCUT2D eigenvalue weighted by Gasteiger charge is -2.18. The molecular formula is C50H28O2S. The Morgan fingerprint density at radius 2 is 0.868 bits per heavy atom. The van der Waals surface area contributed by atoms with Crippen LogP contribution in [0.1, 0.15) is 0 Å². The van der Waals surface area contributed by atoms with Crippen LogP contribution in [-0.2, 0) is 0 Å². The second-order valence-electron chi connectivity index (χ2n) is 13.9. The summed E-state index contributed by atoms with van der Waals surface area (Å²) < 4.78 is 15.9. The second-order valence-corrected chi connectivity index (χ2v) is 15.0. The van der Waals surface area contributed by atoms with Crippen molar-refractivity contribution >= 4 is 96.9 Å². The van der Waals surface area contributed by atoms with E-state index in [0.717, 1.165) is 60.6 Å². The van der Waals surface area contributed by atoms with Gasteiger partial charge >= 0.3 is 0 Å². The molecule has 0 spiro atoms. The molecule has 0 aliphatic rings. The van der Waals surface area contributed by atoms with Crippen LogP contribution in [0.5, 0.6) is 0 Å². The lowest BCUT2D eigenvalue weighted by Crippen LogP contribution is -1.92. The van der Waals surface area contributed by atoms with Gasteiger partial charge < -0.3 is 8.83 Å². The number of thiophene rings is 1. The Balaban J connectivity index is 1.15. The molecule has 3 aromatic heterocycles. The molecule has 12 aromatic rings. The molecule has 0 saturated heterocycles. The minimum atomic E-state index is 0.891. The van der Waals surface area contributed by atoms with Crippen molar-refractivity contribution < 1.29 is 8.83 Å². The molecule has 53 heavy (non-hydrogen) atoms. The topological polar surface area (TPSA) is 26.3 Å².